The zero-order chi connectivity index (χ0) is 18.9. The highest BCUT2D eigenvalue weighted by Crippen LogP contribution is 2.22. The Balaban J connectivity index is 2.13. The van der Waals surface area contributed by atoms with Gasteiger partial charge in [0.2, 0.25) is 5.88 Å². The van der Waals surface area contributed by atoms with Crippen molar-refractivity contribution in [3.05, 3.63) is 53.2 Å². The summed E-state index contributed by atoms with van der Waals surface area (Å²) in [5.74, 6) is 0.400. The SMILES string of the molecule is CCc1cccc(CC)c1NC(N)=NCc1cccnc1OCC(F)F. The van der Waals surface area contributed by atoms with Crippen molar-refractivity contribution >= 4 is 11.6 Å². The van der Waals surface area contributed by atoms with E-state index in [1.807, 2.05) is 18.2 Å². The maximum atomic E-state index is 12.3. The predicted molar refractivity (Wildman–Crippen MR) is 99.9 cm³/mol. The third-order valence-corrected chi connectivity index (χ3v) is 3.87. The van der Waals surface area contributed by atoms with Crippen molar-refractivity contribution in [1.29, 1.82) is 0 Å². The number of nitrogens with zero attached hydrogens (tertiary/aromatic N) is 2. The largest absolute Gasteiger partial charge is 0.471 e. The van der Waals surface area contributed by atoms with Gasteiger partial charge in [0.15, 0.2) is 12.6 Å². The minimum absolute atomic E-state index is 0.146. The molecule has 0 unspecified atom stereocenters. The lowest BCUT2D eigenvalue weighted by Gasteiger charge is -2.15. The second kappa shape index (κ2) is 9.70. The van der Waals surface area contributed by atoms with Gasteiger partial charge in [-0.25, -0.2) is 18.8 Å². The third-order valence-electron chi connectivity index (χ3n) is 3.87. The molecule has 0 fully saturated rings. The first-order chi connectivity index (χ1) is 12.5. The molecule has 0 saturated heterocycles. The predicted octanol–water partition coefficient (Wildman–Crippen LogP) is 3.78. The van der Waals surface area contributed by atoms with Crippen LogP contribution in [0.15, 0.2) is 41.5 Å². The monoisotopic (exact) mass is 362 g/mol. The van der Waals surface area contributed by atoms with E-state index in [4.69, 9.17) is 10.5 Å². The molecule has 2 rings (SSSR count). The van der Waals surface area contributed by atoms with Crippen LogP contribution in [0.4, 0.5) is 14.5 Å². The van der Waals surface area contributed by atoms with Gasteiger partial charge >= 0.3 is 0 Å². The van der Waals surface area contributed by atoms with Gasteiger partial charge in [0, 0.05) is 17.4 Å². The quantitative estimate of drug-likeness (QED) is 0.554. The zero-order valence-corrected chi connectivity index (χ0v) is 15.0. The molecule has 0 atom stereocenters. The number of guanidine groups is 1. The van der Waals surface area contributed by atoms with Crippen LogP contribution in [0, 0.1) is 0 Å². The first-order valence-electron chi connectivity index (χ1n) is 8.57. The van der Waals surface area contributed by atoms with Gasteiger partial charge in [-0.05, 0) is 30.0 Å². The van der Waals surface area contributed by atoms with Crippen LogP contribution in [0.1, 0.15) is 30.5 Å². The number of alkyl halides is 2. The zero-order valence-electron chi connectivity index (χ0n) is 15.0. The van der Waals surface area contributed by atoms with Gasteiger partial charge in [0.25, 0.3) is 6.43 Å². The van der Waals surface area contributed by atoms with Crippen molar-refractivity contribution in [1.82, 2.24) is 4.98 Å². The first kappa shape index (κ1) is 19.6. The van der Waals surface area contributed by atoms with E-state index in [2.05, 4.69) is 29.1 Å². The smallest absolute Gasteiger partial charge is 0.272 e. The standard InChI is InChI=1S/C19H24F2N4O/c1-3-13-7-5-8-14(4-2)17(13)25-19(22)24-11-15-9-6-10-23-18(15)26-12-16(20)21/h5-10,16H,3-4,11-12H2,1-2H3,(H3,22,24,25). The number of aryl methyl sites for hydroxylation is 2. The number of anilines is 1. The van der Waals surface area contributed by atoms with Crippen LogP contribution < -0.4 is 15.8 Å². The summed E-state index contributed by atoms with van der Waals surface area (Å²) in [5.41, 5.74) is 9.91. The molecule has 0 aliphatic carbocycles. The topological polar surface area (TPSA) is 72.5 Å². The van der Waals surface area contributed by atoms with E-state index >= 15 is 0 Å². The van der Waals surface area contributed by atoms with Crippen molar-refractivity contribution in [3.63, 3.8) is 0 Å². The highest BCUT2D eigenvalue weighted by atomic mass is 19.3. The fourth-order valence-corrected chi connectivity index (χ4v) is 2.56. The Hall–Kier alpha value is -2.70. The summed E-state index contributed by atoms with van der Waals surface area (Å²) in [6.07, 6.45) is 0.675. The van der Waals surface area contributed by atoms with E-state index in [1.165, 1.54) is 6.20 Å². The number of hydrogen-bond donors (Lipinski definition) is 2. The third kappa shape index (κ3) is 5.40. The van der Waals surface area contributed by atoms with E-state index in [-0.39, 0.29) is 18.4 Å². The van der Waals surface area contributed by atoms with Crippen LogP contribution in [0.25, 0.3) is 0 Å². The van der Waals surface area contributed by atoms with Gasteiger partial charge in [-0.2, -0.15) is 0 Å². The van der Waals surface area contributed by atoms with Crippen molar-refractivity contribution in [2.75, 3.05) is 11.9 Å². The van der Waals surface area contributed by atoms with Crippen LogP contribution in [0.5, 0.6) is 5.88 Å². The average molecular weight is 362 g/mol. The Morgan fingerprint density at radius 2 is 1.81 bits per heavy atom. The first-order valence-corrected chi connectivity index (χ1v) is 8.57. The summed E-state index contributed by atoms with van der Waals surface area (Å²) in [7, 11) is 0. The van der Waals surface area contributed by atoms with Crippen molar-refractivity contribution in [3.8, 4) is 5.88 Å². The van der Waals surface area contributed by atoms with E-state index in [0.717, 1.165) is 29.7 Å². The lowest BCUT2D eigenvalue weighted by atomic mass is 10.0. The van der Waals surface area contributed by atoms with Gasteiger partial charge in [-0.15, -0.1) is 0 Å². The van der Waals surface area contributed by atoms with Gasteiger partial charge in [0.1, 0.15) is 0 Å². The fourth-order valence-electron chi connectivity index (χ4n) is 2.56. The number of rotatable bonds is 8. The van der Waals surface area contributed by atoms with E-state index in [9.17, 15) is 8.78 Å². The van der Waals surface area contributed by atoms with E-state index in [1.54, 1.807) is 12.1 Å². The van der Waals surface area contributed by atoms with Gasteiger partial charge in [0.05, 0.1) is 6.54 Å². The summed E-state index contributed by atoms with van der Waals surface area (Å²) in [6.45, 7) is 3.64. The minimum atomic E-state index is -2.56. The molecule has 140 valence electrons. The molecule has 5 nitrogen and oxygen atoms in total. The molecule has 0 spiro atoms. The second-order valence-corrected chi connectivity index (χ2v) is 5.65. The number of benzene rings is 1. The number of pyridine rings is 1. The molecule has 2 aromatic rings. The summed E-state index contributed by atoms with van der Waals surface area (Å²) in [6, 6.07) is 9.55. The summed E-state index contributed by atoms with van der Waals surface area (Å²) in [5, 5.41) is 3.17. The molecule has 1 heterocycles. The van der Waals surface area contributed by atoms with Crippen LogP contribution >= 0.6 is 0 Å². The summed E-state index contributed by atoms with van der Waals surface area (Å²) in [4.78, 5) is 8.29. The highest BCUT2D eigenvalue weighted by Gasteiger charge is 2.10. The number of aromatic nitrogens is 1. The van der Waals surface area contributed by atoms with Crippen molar-refractivity contribution < 1.29 is 13.5 Å². The summed E-state index contributed by atoms with van der Waals surface area (Å²) < 4.78 is 29.7. The second-order valence-electron chi connectivity index (χ2n) is 5.65. The number of hydrogen-bond acceptors (Lipinski definition) is 3. The van der Waals surface area contributed by atoms with E-state index in [0.29, 0.717) is 5.56 Å². The average Bonchev–Trinajstić information content (AvgIpc) is 2.65. The Kier molecular flexibility index (Phi) is 7.32. The van der Waals surface area contributed by atoms with Crippen LogP contribution in [-0.2, 0) is 19.4 Å². The van der Waals surface area contributed by atoms with Crippen LogP contribution in [0.3, 0.4) is 0 Å². The molecule has 0 saturated carbocycles. The van der Waals surface area contributed by atoms with Crippen molar-refractivity contribution in [2.24, 2.45) is 10.7 Å². The maximum Gasteiger partial charge on any atom is 0.272 e. The Morgan fingerprint density at radius 1 is 1.15 bits per heavy atom. The normalized spacial score (nSPS) is 11.7. The lowest BCUT2D eigenvalue weighted by Crippen LogP contribution is -2.24. The number of halogens is 2. The molecule has 0 aliphatic rings. The number of aliphatic imine (C=N–C) groups is 1. The molecule has 0 amide bonds. The molecule has 1 aromatic heterocycles. The van der Waals surface area contributed by atoms with Gasteiger partial charge < -0.3 is 15.8 Å². The number of para-hydroxylation sites is 1. The Labute approximate surface area is 152 Å². The Bertz CT molecular complexity index is 728. The summed E-state index contributed by atoms with van der Waals surface area (Å²) >= 11 is 0. The molecule has 0 radical (unpaired) electrons. The highest BCUT2D eigenvalue weighted by molar-refractivity contribution is 5.93. The molecular weight excluding hydrogens is 338 g/mol. The Morgan fingerprint density at radius 3 is 2.42 bits per heavy atom. The molecular formula is C19H24F2N4O. The molecule has 3 N–H and O–H groups in total. The minimum Gasteiger partial charge on any atom is -0.471 e. The van der Waals surface area contributed by atoms with E-state index < -0.39 is 13.0 Å². The number of nitrogens with one attached hydrogen (secondary N) is 1. The molecule has 26 heavy (non-hydrogen) atoms. The fraction of sp³-hybridized carbons (Fsp3) is 0.368. The molecule has 1 aromatic carbocycles. The van der Waals surface area contributed by atoms with Crippen LogP contribution in [0.2, 0.25) is 0 Å². The number of ether oxygens (including phenoxy) is 1. The molecule has 0 aliphatic heterocycles. The number of nitrogens with two attached hydrogens (primary N) is 1. The lowest BCUT2D eigenvalue weighted by molar-refractivity contribution is 0.0791. The molecule has 0 bridgehead atoms. The van der Waals surface area contributed by atoms with Crippen LogP contribution in [-0.4, -0.2) is 24.0 Å². The maximum absolute atomic E-state index is 12.3. The van der Waals surface area contributed by atoms with Gasteiger partial charge in [-0.1, -0.05) is 38.1 Å². The van der Waals surface area contributed by atoms with Gasteiger partial charge in [-0.3, -0.25) is 0 Å². The van der Waals surface area contributed by atoms with Crippen molar-refractivity contribution in [2.45, 2.75) is 39.7 Å². The molecule has 7 heteroatoms.